The second-order valence-corrected chi connectivity index (χ2v) is 26.1. The van der Waals surface area contributed by atoms with Crippen LogP contribution in [0.2, 0.25) is 0 Å². The Hall–Kier alpha value is -13.3. The fraction of sp³-hybridized carbons (Fsp3) is 0. The van der Waals surface area contributed by atoms with E-state index >= 15 is 0 Å². The van der Waals surface area contributed by atoms with Crippen molar-refractivity contribution >= 4 is 111 Å². The van der Waals surface area contributed by atoms with Crippen molar-refractivity contribution in [2.75, 3.05) is 0 Å². The number of aromatic nitrogens is 11. The van der Waals surface area contributed by atoms with Gasteiger partial charge in [0.2, 0.25) is 0 Å². The summed E-state index contributed by atoms with van der Waals surface area (Å²) in [5.41, 5.74) is 26.9. The van der Waals surface area contributed by atoms with Gasteiger partial charge in [-0.25, -0.2) is 24.9 Å². The first-order chi connectivity index (χ1) is 50.5. The van der Waals surface area contributed by atoms with Gasteiger partial charge in [0.1, 0.15) is 22.1 Å². The number of hydrogen-bond acceptors (Lipinski definition) is 13. The summed E-state index contributed by atoms with van der Waals surface area (Å²) in [5.74, 6) is 0. The first-order valence-corrected chi connectivity index (χ1v) is 35.0. The number of fused-ring (bicyclic) bond motifs is 13. The highest BCUT2D eigenvalue weighted by Gasteiger charge is 2.23. The fourth-order valence-corrected chi connectivity index (χ4v) is 15.2. The van der Waals surface area contributed by atoms with E-state index in [1.165, 1.54) is 23.5 Å². The molecule has 0 atom stereocenters. The molecule has 0 amide bonds. The lowest BCUT2D eigenvalue weighted by Gasteiger charge is -2.14. The van der Waals surface area contributed by atoms with E-state index in [-0.39, 0.29) is 0 Å². The predicted molar refractivity (Wildman–Crippen MR) is 419 cm³/mol. The molecule has 0 radical (unpaired) electrons. The van der Waals surface area contributed by atoms with Crippen molar-refractivity contribution in [3.8, 4) is 112 Å². The van der Waals surface area contributed by atoms with E-state index in [0.29, 0.717) is 0 Å². The van der Waals surface area contributed by atoms with Gasteiger partial charge in [-0.1, -0.05) is 224 Å². The molecule has 0 N–H and O–H groups in total. The van der Waals surface area contributed by atoms with Gasteiger partial charge in [0, 0.05) is 88.9 Å². The van der Waals surface area contributed by atoms with Crippen LogP contribution in [-0.2, 0) is 0 Å². The van der Waals surface area contributed by atoms with Crippen molar-refractivity contribution in [3.63, 3.8) is 0 Å². The van der Waals surface area contributed by atoms with Crippen molar-refractivity contribution < 1.29 is 0 Å². The standard InChI is InChI=1S/C46H28N6S.C43H25N5S/c1-3-11-31(12-4-1)35-28-37-43(46-45(35)51-53-52-46)36-25-33(21-22-38(36)50-44(37)32-13-5-2-6-14-32)29-17-19-30(20-18-29)34-26-41(39-15-7-9-23-47-39)49-42(27-34)40-16-8-10-24-48-40;1-4-10-26(11-5-1)32-25-34-38(43-42(32)47-49-48-43)33-24-31(20-23-37(33)46-39(34)28-14-8-3-9-15-28)36-22-19-30-17-16-29-18-21-35(27-12-6-2-7-13-27)44-40(29)41(30)45-36/h1-28H;1-25H. The molecule has 11 aromatic carbocycles. The molecule has 0 aliphatic rings. The van der Waals surface area contributed by atoms with Gasteiger partial charge in [0.25, 0.3) is 0 Å². The lowest BCUT2D eigenvalue weighted by atomic mass is 9.92. The van der Waals surface area contributed by atoms with Crippen molar-refractivity contribution in [2.45, 2.75) is 0 Å². The Morgan fingerprint density at radius 3 is 1.05 bits per heavy atom. The van der Waals surface area contributed by atoms with Crippen LogP contribution in [0, 0.1) is 0 Å². The SMILES string of the molecule is c1ccc(-c2ccc3ccc4ccc(-c5ccc6nc(-c7ccccc7)c7cc(-c8ccccc8)c8nsnc8c7c6c5)nc4c3n2)cc1.c1ccc(-c2nc3ccc(-c4ccc(-c5cc(-c6ccccn6)nc(-c6ccccn6)c5)cc4)cc3c3c2cc(-c2ccccc2)c2nsnc23)cc1. The zero-order chi connectivity index (χ0) is 67.5. The highest BCUT2D eigenvalue weighted by molar-refractivity contribution is 7.00. The van der Waals surface area contributed by atoms with Gasteiger partial charge in [-0.15, -0.1) is 0 Å². The molecular formula is C89H53N11S2. The molecule has 9 aromatic heterocycles. The fourth-order valence-electron chi connectivity index (χ4n) is 14.0. The van der Waals surface area contributed by atoms with Gasteiger partial charge in [-0.2, -0.15) is 17.5 Å². The second kappa shape index (κ2) is 25.5. The summed E-state index contributed by atoms with van der Waals surface area (Å²) in [5, 5.41) is 8.41. The number of hydrogen-bond donors (Lipinski definition) is 0. The lowest BCUT2D eigenvalue weighted by molar-refractivity contribution is 1.22. The summed E-state index contributed by atoms with van der Waals surface area (Å²) in [6.45, 7) is 0. The lowest BCUT2D eigenvalue weighted by Crippen LogP contribution is -1.94. The predicted octanol–water partition coefficient (Wildman–Crippen LogP) is 22.7. The Kier molecular flexibility index (Phi) is 15.0. The molecule has 476 valence electrons. The Morgan fingerprint density at radius 2 is 0.588 bits per heavy atom. The number of pyridine rings is 7. The molecule has 0 unspecified atom stereocenters. The molecule has 0 fully saturated rings. The van der Waals surface area contributed by atoms with Gasteiger partial charge < -0.3 is 0 Å². The molecule has 102 heavy (non-hydrogen) atoms. The van der Waals surface area contributed by atoms with Crippen molar-refractivity contribution in [1.82, 2.24) is 52.4 Å². The van der Waals surface area contributed by atoms with Crippen LogP contribution in [0.25, 0.3) is 200 Å². The molecule has 0 bridgehead atoms. The van der Waals surface area contributed by atoms with Crippen LogP contribution in [0.15, 0.2) is 322 Å². The van der Waals surface area contributed by atoms with Gasteiger partial charge in [0.15, 0.2) is 0 Å². The third-order valence-corrected chi connectivity index (χ3v) is 20.0. The van der Waals surface area contributed by atoms with E-state index in [0.717, 1.165) is 200 Å². The summed E-state index contributed by atoms with van der Waals surface area (Å²) in [4.78, 5) is 35.1. The molecule has 13 heteroatoms. The monoisotopic (exact) mass is 1340 g/mol. The third kappa shape index (κ3) is 10.9. The molecule has 0 aliphatic carbocycles. The number of nitrogens with zero attached hydrogens (tertiary/aromatic N) is 11. The third-order valence-electron chi connectivity index (χ3n) is 19.0. The van der Waals surface area contributed by atoms with E-state index in [1.807, 2.05) is 78.9 Å². The first-order valence-electron chi connectivity index (χ1n) is 33.5. The highest BCUT2D eigenvalue weighted by atomic mass is 32.1. The molecular weight excluding hydrogens is 1290 g/mol. The van der Waals surface area contributed by atoms with Crippen molar-refractivity contribution in [1.29, 1.82) is 0 Å². The summed E-state index contributed by atoms with van der Waals surface area (Å²) in [6.07, 6.45) is 3.59. The van der Waals surface area contributed by atoms with Gasteiger partial charge in [-0.3, -0.25) is 9.97 Å². The number of rotatable bonds is 10. The summed E-state index contributed by atoms with van der Waals surface area (Å²) in [7, 11) is 0. The largest absolute Gasteiger partial charge is 0.255 e. The average Bonchev–Trinajstić information content (AvgIpc) is 1.15. The Bertz CT molecular complexity index is 6530. The topological polar surface area (TPSA) is 142 Å². The highest BCUT2D eigenvalue weighted by Crippen LogP contribution is 2.45. The van der Waals surface area contributed by atoms with Crippen LogP contribution in [0.3, 0.4) is 0 Å². The summed E-state index contributed by atoms with van der Waals surface area (Å²) < 4.78 is 19.5. The Balaban J connectivity index is 0.000000142. The maximum absolute atomic E-state index is 5.29. The molecule has 20 aromatic rings. The molecule has 20 rings (SSSR count). The Labute approximate surface area is 593 Å². The van der Waals surface area contributed by atoms with E-state index in [9.17, 15) is 0 Å². The Morgan fingerprint density at radius 1 is 0.206 bits per heavy atom. The minimum absolute atomic E-state index is 0.801. The van der Waals surface area contributed by atoms with Crippen LogP contribution in [0.5, 0.6) is 0 Å². The average molecular weight is 1340 g/mol. The van der Waals surface area contributed by atoms with Gasteiger partial charge >= 0.3 is 0 Å². The van der Waals surface area contributed by atoms with E-state index < -0.39 is 0 Å². The maximum Gasteiger partial charge on any atom is 0.114 e. The molecule has 0 saturated heterocycles. The van der Waals surface area contributed by atoms with Gasteiger partial charge in [-0.05, 0) is 118 Å². The van der Waals surface area contributed by atoms with Crippen molar-refractivity contribution in [3.05, 3.63) is 322 Å². The van der Waals surface area contributed by atoms with Crippen LogP contribution in [0.1, 0.15) is 0 Å². The maximum atomic E-state index is 5.29. The van der Waals surface area contributed by atoms with Crippen molar-refractivity contribution in [2.24, 2.45) is 0 Å². The van der Waals surface area contributed by atoms with E-state index in [2.05, 4.69) is 240 Å². The molecule has 0 saturated carbocycles. The zero-order valence-corrected chi connectivity index (χ0v) is 56.0. The summed E-state index contributed by atoms with van der Waals surface area (Å²) in [6, 6.07) is 107. The minimum Gasteiger partial charge on any atom is -0.255 e. The van der Waals surface area contributed by atoms with E-state index in [4.69, 9.17) is 42.4 Å². The van der Waals surface area contributed by atoms with Crippen LogP contribution >= 0.6 is 23.5 Å². The van der Waals surface area contributed by atoms with E-state index in [1.54, 1.807) is 12.4 Å². The van der Waals surface area contributed by atoms with Crippen LogP contribution in [0.4, 0.5) is 0 Å². The second-order valence-electron chi connectivity index (χ2n) is 25.1. The smallest absolute Gasteiger partial charge is 0.114 e. The van der Waals surface area contributed by atoms with Crippen LogP contribution < -0.4 is 0 Å². The van der Waals surface area contributed by atoms with Gasteiger partial charge in [0.05, 0.1) is 91.1 Å². The molecule has 11 nitrogen and oxygen atoms in total. The quantitative estimate of drug-likeness (QED) is 0.121. The molecule has 0 aliphatic heterocycles. The summed E-state index contributed by atoms with van der Waals surface area (Å²) >= 11 is 2.50. The zero-order valence-electron chi connectivity index (χ0n) is 54.3. The molecule has 0 spiro atoms. The number of benzene rings is 11. The molecule has 9 heterocycles. The first kappa shape index (κ1) is 59.9. The minimum atomic E-state index is 0.801. The van der Waals surface area contributed by atoms with Crippen LogP contribution in [-0.4, -0.2) is 52.4 Å². The normalized spacial score (nSPS) is 11.5.